The number of rotatable bonds is 12. The van der Waals surface area contributed by atoms with E-state index in [0.29, 0.717) is 26.1 Å². The average molecular weight is 504 g/mol. The van der Waals surface area contributed by atoms with Crippen LogP contribution in [0.25, 0.3) is 0 Å². The Balaban J connectivity index is 0.00000432. The van der Waals surface area contributed by atoms with Crippen molar-refractivity contribution in [1.29, 1.82) is 0 Å². The Morgan fingerprint density at radius 3 is 2.20 bits per heavy atom. The minimum absolute atomic E-state index is 0. The summed E-state index contributed by atoms with van der Waals surface area (Å²) >= 11 is 0. The molecular formula is C26H30N3NaO4S. The molecule has 1 unspecified atom stereocenters. The number of carbonyl (C=O) groups excluding carboxylic acids is 1. The van der Waals surface area contributed by atoms with Crippen LogP contribution < -0.4 is 39.4 Å². The van der Waals surface area contributed by atoms with Crippen molar-refractivity contribution in [3.8, 4) is 0 Å². The van der Waals surface area contributed by atoms with Gasteiger partial charge in [-0.1, -0.05) is 62.4 Å². The Morgan fingerprint density at radius 2 is 1.63 bits per heavy atom. The normalized spacial score (nSPS) is 12.3. The molecule has 7 nitrogen and oxygen atoms in total. The number of pyridine rings is 1. The number of carboxylic acid groups (broad SMARTS) is 1. The number of nitrogens with zero attached hydrogens (tertiary/aromatic N) is 2. The number of carboxylic acids is 1. The number of benzene rings is 2. The molecule has 0 amide bonds. The van der Waals surface area contributed by atoms with Gasteiger partial charge in [-0.3, -0.25) is 9.88 Å². The molecule has 0 saturated heterocycles. The van der Waals surface area contributed by atoms with Gasteiger partial charge >= 0.3 is 29.6 Å². The predicted octanol–water partition coefficient (Wildman–Crippen LogP) is -0.155. The van der Waals surface area contributed by atoms with Crippen LogP contribution in [0.1, 0.15) is 41.8 Å². The Labute approximate surface area is 229 Å². The number of carbonyl (C=O) groups is 1. The molecule has 2 aromatic carbocycles. The van der Waals surface area contributed by atoms with Gasteiger partial charge in [0, 0.05) is 38.1 Å². The van der Waals surface area contributed by atoms with E-state index in [1.165, 1.54) is 12.1 Å². The molecule has 0 spiro atoms. The van der Waals surface area contributed by atoms with Crippen molar-refractivity contribution in [2.45, 2.75) is 44.3 Å². The van der Waals surface area contributed by atoms with Crippen molar-refractivity contribution in [3.05, 3.63) is 95.8 Å². The minimum Gasteiger partial charge on any atom is -0.545 e. The summed E-state index contributed by atoms with van der Waals surface area (Å²) in [4.78, 5) is 17.7. The van der Waals surface area contributed by atoms with Crippen molar-refractivity contribution in [2.24, 2.45) is 5.92 Å². The molecule has 0 aliphatic carbocycles. The van der Waals surface area contributed by atoms with E-state index in [9.17, 15) is 18.3 Å². The first-order valence-corrected chi connectivity index (χ1v) is 12.7. The second-order valence-corrected chi connectivity index (χ2v) is 10.5. The van der Waals surface area contributed by atoms with E-state index in [0.717, 1.165) is 11.1 Å². The number of aromatic carboxylic acids is 1. The third kappa shape index (κ3) is 9.48. The largest absolute Gasteiger partial charge is 1.00 e. The molecule has 1 aromatic heterocycles. The van der Waals surface area contributed by atoms with E-state index in [1.54, 1.807) is 54.9 Å². The summed E-state index contributed by atoms with van der Waals surface area (Å²) in [6, 6.07) is 18.5. The summed E-state index contributed by atoms with van der Waals surface area (Å²) in [7, 11) is -3.67. The van der Waals surface area contributed by atoms with Crippen LogP contribution in [0.15, 0.2) is 84.0 Å². The van der Waals surface area contributed by atoms with Gasteiger partial charge < -0.3 is 9.90 Å². The number of aromatic nitrogens is 1. The van der Waals surface area contributed by atoms with Crippen LogP contribution in [0.3, 0.4) is 0 Å². The third-order valence-corrected chi connectivity index (χ3v) is 6.87. The molecule has 3 rings (SSSR count). The maximum Gasteiger partial charge on any atom is 1.00 e. The Hall–Kier alpha value is -2.07. The molecule has 0 saturated carbocycles. The minimum atomic E-state index is -3.67. The van der Waals surface area contributed by atoms with E-state index in [1.807, 2.05) is 12.1 Å². The third-order valence-electron chi connectivity index (χ3n) is 5.33. The van der Waals surface area contributed by atoms with Gasteiger partial charge in [0.1, 0.15) is 0 Å². The molecular weight excluding hydrogens is 473 g/mol. The molecule has 0 aliphatic rings. The molecule has 0 bridgehead atoms. The Kier molecular flexibility index (Phi) is 11.6. The van der Waals surface area contributed by atoms with Gasteiger partial charge in [0.15, 0.2) is 0 Å². The number of sulfonamides is 1. The second kappa shape index (κ2) is 13.9. The molecule has 180 valence electrons. The molecule has 35 heavy (non-hydrogen) atoms. The van der Waals surface area contributed by atoms with Crippen molar-refractivity contribution in [2.75, 3.05) is 6.54 Å². The fraction of sp³-hybridized carbons (Fsp3) is 0.308. The smallest absolute Gasteiger partial charge is 0.545 e. The Morgan fingerprint density at radius 1 is 0.971 bits per heavy atom. The van der Waals surface area contributed by atoms with Gasteiger partial charge in [-0.2, -0.15) is 0 Å². The van der Waals surface area contributed by atoms with Crippen LogP contribution in [0.2, 0.25) is 0 Å². The van der Waals surface area contributed by atoms with E-state index in [-0.39, 0.29) is 52.0 Å². The standard InChI is InChI=1S/C26H31N3O4S.Na/c1-20(2)15-24(28-34(32,33)25-8-4-3-5-9-25)19-29(18-22-7-6-14-27-16-22)17-21-10-12-23(13-11-21)26(30)31;/h3-14,16,20,24,28H,15,17-19H2,1-2H3,(H,30,31);/q;+1/p-1. The van der Waals surface area contributed by atoms with Gasteiger partial charge in [-0.25, -0.2) is 13.1 Å². The summed E-state index contributed by atoms with van der Waals surface area (Å²) in [6.07, 6.45) is 4.17. The summed E-state index contributed by atoms with van der Waals surface area (Å²) in [5.74, 6) is -0.933. The maximum atomic E-state index is 13.0. The molecule has 3 aromatic rings. The molecule has 0 radical (unpaired) electrons. The first-order valence-electron chi connectivity index (χ1n) is 11.2. The van der Waals surface area contributed by atoms with Crippen molar-refractivity contribution in [3.63, 3.8) is 0 Å². The summed E-state index contributed by atoms with van der Waals surface area (Å²) in [5.41, 5.74) is 2.04. The van der Waals surface area contributed by atoms with Crippen LogP contribution in [-0.4, -0.2) is 36.9 Å². The SMILES string of the molecule is CC(C)CC(CN(Cc1ccc(C(=O)[O-])cc1)Cc1cccnc1)NS(=O)(=O)c1ccccc1.[Na+]. The zero-order valence-electron chi connectivity index (χ0n) is 20.4. The number of hydrogen-bond acceptors (Lipinski definition) is 6. The summed E-state index contributed by atoms with van der Waals surface area (Å²) < 4.78 is 28.9. The Bertz CT molecular complexity index is 1160. The van der Waals surface area contributed by atoms with E-state index < -0.39 is 16.0 Å². The van der Waals surface area contributed by atoms with Gasteiger partial charge in [0.05, 0.1) is 10.9 Å². The van der Waals surface area contributed by atoms with Crippen molar-refractivity contribution < 1.29 is 47.9 Å². The molecule has 1 N–H and O–H groups in total. The van der Waals surface area contributed by atoms with Crippen LogP contribution in [0.5, 0.6) is 0 Å². The fourth-order valence-corrected chi connectivity index (χ4v) is 5.13. The first kappa shape index (κ1) is 29.2. The fourth-order valence-electron chi connectivity index (χ4n) is 3.87. The van der Waals surface area contributed by atoms with Crippen LogP contribution in [0, 0.1) is 5.92 Å². The molecule has 1 atom stereocenters. The van der Waals surface area contributed by atoms with Crippen LogP contribution in [-0.2, 0) is 23.1 Å². The topological polar surface area (TPSA) is 102 Å². The molecule has 0 aliphatic heterocycles. The average Bonchev–Trinajstić information content (AvgIpc) is 2.80. The quantitative estimate of drug-likeness (QED) is 0.345. The molecule has 0 fully saturated rings. The monoisotopic (exact) mass is 503 g/mol. The first-order chi connectivity index (χ1) is 16.2. The van der Waals surface area contributed by atoms with Gasteiger partial charge in [0.2, 0.25) is 10.0 Å². The van der Waals surface area contributed by atoms with E-state index >= 15 is 0 Å². The second-order valence-electron chi connectivity index (χ2n) is 8.78. The number of nitrogens with one attached hydrogen (secondary N) is 1. The predicted molar refractivity (Wildman–Crippen MR) is 129 cm³/mol. The zero-order chi connectivity index (χ0) is 24.6. The summed E-state index contributed by atoms with van der Waals surface area (Å²) in [6.45, 7) is 5.69. The van der Waals surface area contributed by atoms with Crippen molar-refractivity contribution in [1.82, 2.24) is 14.6 Å². The van der Waals surface area contributed by atoms with Crippen LogP contribution >= 0.6 is 0 Å². The van der Waals surface area contributed by atoms with Gasteiger partial charge in [0.25, 0.3) is 0 Å². The molecule has 9 heteroatoms. The van der Waals surface area contributed by atoms with Gasteiger partial charge in [-0.05, 0) is 47.2 Å². The van der Waals surface area contributed by atoms with Gasteiger partial charge in [-0.15, -0.1) is 0 Å². The number of hydrogen-bond donors (Lipinski definition) is 1. The molecule has 1 heterocycles. The maximum absolute atomic E-state index is 13.0. The summed E-state index contributed by atoms with van der Waals surface area (Å²) in [5, 5.41) is 11.1. The zero-order valence-corrected chi connectivity index (χ0v) is 23.2. The van der Waals surface area contributed by atoms with Crippen molar-refractivity contribution >= 4 is 16.0 Å². The van der Waals surface area contributed by atoms with E-state index in [2.05, 4.69) is 28.5 Å². The van der Waals surface area contributed by atoms with E-state index in [4.69, 9.17) is 0 Å². The van der Waals surface area contributed by atoms with Crippen LogP contribution in [0.4, 0.5) is 0 Å².